The maximum Gasteiger partial charge on any atom is 0.102 e. The molecule has 1 aromatic carbocycles. The van der Waals surface area contributed by atoms with Gasteiger partial charge in [-0.15, -0.1) is 0 Å². The third-order valence-electron chi connectivity index (χ3n) is 1.39. The predicted octanol–water partition coefficient (Wildman–Crippen LogP) is 4.84. The molecule has 0 bridgehead atoms. The van der Waals surface area contributed by atoms with E-state index in [0.29, 0.717) is 0 Å². The fourth-order valence-corrected chi connectivity index (χ4v) is 2.72. The van der Waals surface area contributed by atoms with Gasteiger partial charge in [-0.1, -0.05) is 15.9 Å². The van der Waals surface area contributed by atoms with E-state index in [2.05, 4.69) is 70.2 Å². The van der Waals surface area contributed by atoms with Crippen LogP contribution in [-0.4, -0.2) is 5.16 Å². The van der Waals surface area contributed by atoms with Gasteiger partial charge in [0.1, 0.15) is 5.69 Å². The smallest absolute Gasteiger partial charge is 0.102 e. The molecular weight excluding hydrogens is 382 g/mol. The van der Waals surface area contributed by atoms with Gasteiger partial charge in [0.25, 0.3) is 0 Å². The zero-order valence-electron chi connectivity index (χ0n) is 6.35. The molecule has 1 nitrogen and oxygen atoms in total. The monoisotopic (exact) mass is 383 g/mol. The molecule has 0 amide bonds. The van der Waals surface area contributed by atoms with Crippen molar-refractivity contribution in [3.63, 3.8) is 0 Å². The summed E-state index contributed by atoms with van der Waals surface area (Å²) in [7, 11) is 0. The highest BCUT2D eigenvalue weighted by molar-refractivity contribution is 9.11. The van der Waals surface area contributed by atoms with E-state index in [4.69, 9.17) is 0 Å². The molecule has 0 unspecified atom stereocenters. The van der Waals surface area contributed by atoms with Gasteiger partial charge in [-0.2, -0.15) is 4.99 Å². The van der Waals surface area contributed by atoms with E-state index in [-0.39, 0.29) is 0 Å². The first-order chi connectivity index (χ1) is 6.19. The van der Waals surface area contributed by atoms with Crippen LogP contribution in [0.1, 0.15) is 5.56 Å². The van der Waals surface area contributed by atoms with Crippen molar-refractivity contribution in [3.05, 3.63) is 26.6 Å². The molecule has 0 saturated heterocycles. The number of hydrogen-bond acceptors (Lipinski definition) is 2. The second kappa shape index (κ2) is 5.37. The average molecular weight is 386 g/mol. The number of hydrogen-bond donors (Lipinski definition) is 0. The van der Waals surface area contributed by atoms with E-state index in [9.17, 15) is 0 Å². The van der Waals surface area contributed by atoms with E-state index < -0.39 is 0 Å². The fraction of sp³-hybridized carbons (Fsp3) is 0.125. The number of alkyl halides is 1. The molecule has 0 radical (unpaired) electrons. The molecule has 0 aliphatic rings. The number of nitrogens with zero attached hydrogens (tertiary/aromatic N) is 1. The minimum Gasteiger partial charge on any atom is -0.192 e. The number of aliphatic imine (C=N–C) groups is 1. The van der Waals surface area contributed by atoms with E-state index in [0.717, 1.165) is 20.0 Å². The summed E-state index contributed by atoms with van der Waals surface area (Å²) in [5, 5.41) is 3.15. The highest BCUT2D eigenvalue weighted by atomic mass is 79.9. The molecule has 5 heteroatoms. The van der Waals surface area contributed by atoms with Gasteiger partial charge in [0.05, 0.1) is 5.16 Å². The van der Waals surface area contributed by atoms with Gasteiger partial charge in [0.2, 0.25) is 0 Å². The van der Waals surface area contributed by atoms with Crippen LogP contribution in [-0.2, 0) is 5.33 Å². The van der Waals surface area contributed by atoms with E-state index in [1.807, 2.05) is 12.1 Å². The summed E-state index contributed by atoms with van der Waals surface area (Å²) in [5.74, 6) is 0. The summed E-state index contributed by atoms with van der Waals surface area (Å²) < 4.78 is 1.82. The predicted molar refractivity (Wildman–Crippen MR) is 69.2 cm³/mol. The summed E-state index contributed by atoms with van der Waals surface area (Å²) in [5.41, 5.74) is 1.95. The van der Waals surface area contributed by atoms with E-state index >= 15 is 0 Å². The molecule has 0 spiro atoms. The largest absolute Gasteiger partial charge is 0.192 e. The van der Waals surface area contributed by atoms with E-state index in [1.54, 1.807) is 0 Å². The van der Waals surface area contributed by atoms with Crippen LogP contribution in [0.2, 0.25) is 0 Å². The lowest BCUT2D eigenvalue weighted by Gasteiger charge is -2.03. The molecule has 0 aliphatic heterocycles. The molecule has 0 aromatic heterocycles. The molecule has 0 N–H and O–H groups in total. The number of isothiocyanates is 1. The Bertz CT molecular complexity index is 349. The van der Waals surface area contributed by atoms with Gasteiger partial charge in [0.15, 0.2) is 0 Å². The standard InChI is InChI=1S/C8H4Br3NS/c9-3-5-1-6(10)8(12-4-13)7(11)2-5/h1-2H,3H2. The number of halogens is 3. The minimum absolute atomic E-state index is 0.778. The van der Waals surface area contributed by atoms with Crippen LogP contribution in [0.3, 0.4) is 0 Å². The summed E-state index contributed by atoms with van der Waals surface area (Å²) >= 11 is 14.7. The molecule has 0 aliphatic carbocycles. The Morgan fingerprint density at radius 3 is 2.23 bits per heavy atom. The molecule has 0 saturated carbocycles. The highest BCUT2D eigenvalue weighted by Crippen LogP contribution is 2.35. The molecule has 68 valence electrons. The Morgan fingerprint density at radius 1 is 1.31 bits per heavy atom. The molecule has 1 aromatic rings. The van der Waals surface area contributed by atoms with Gasteiger partial charge in [-0.25, -0.2) is 0 Å². The quantitative estimate of drug-likeness (QED) is 0.403. The molecule has 0 heterocycles. The van der Waals surface area contributed by atoms with Gasteiger partial charge in [-0.3, -0.25) is 0 Å². The third-order valence-corrected chi connectivity index (χ3v) is 3.34. The van der Waals surface area contributed by atoms with Crippen molar-refractivity contribution in [1.82, 2.24) is 0 Å². The van der Waals surface area contributed by atoms with E-state index in [1.165, 1.54) is 5.56 Å². The summed E-state index contributed by atoms with van der Waals surface area (Å²) in [6.07, 6.45) is 0. The van der Waals surface area contributed by atoms with Crippen LogP contribution < -0.4 is 0 Å². The average Bonchev–Trinajstić information content (AvgIpc) is 2.11. The van der Waals surface area contributed by atoms with Crippen molar-refractivity contribution >= 4 is 70.9 Å². The first kappa shape index (κ1) is 11.5. The zero-order valence-corrected chi connectivity index (χ0v) is 11.9. The summed E-state index contributed by atoms with van der Waals surface area (Å²) in [4.78, 5) is 3.94. The molecular formula is C8H4Br3NS. The number of thiocarbonyl (C=S) groups is 1. The van der Waals surface area contributed by atoms with Crippen molar-refractivity contribution in [1.29, 1.82) is 0 Å². The lowest BCUT2D eigenvalue weighted by molar-refractivity contribution is 1.37. The third kappa shape index (κ3) is 2.96. The van der Waals surface area contributed by atoms with Crippen LogP contribution in [0.25, 0.3) is 0 Å². The zero-order chi connectivity index (χ0) is 9.84. The van der Waals surface area contributed by atoms with Crippen molar-refractivity contribution in [2.75, 3.05) is 0 Å². The Labute approximate surface area is 107 Å². The normalized spacial score (nSPS) is 9.46. The van der Waals surface area contributed by atoms with Gasteiger partial charge >= 0.3 is 0 Å². The second-order valence-electron chi connectivity index (χ2n) is 2.24. The van der Waals surface area contributed by atoms with Crippen molar-refractivity contribution < 1.29 is 0 Å². The topological polar surface area (TPSA) is 12.4 Å². The van der Waals surface area contributed by atoms with Crippen molar-refractivity contribution in [2.24, 2.45) is 4.99 Å². The van der Waals surface area contributed by atoms with Crippen LogP contribution in [0.4, 0.5) is 5.69 Å². The first-order valence-corrected chi connectivity index (χ1v) is 6.42. The Hall–Kier alpha value is 0.460. The molecule has 0 atom stereocenters. The number of rotatable bonds is 2. The van der Waals surface area contributed by atoms with Crippen LogP contribution in [0, 0.1) is 0 Å². The maximum atomic E-state index is 4.55. The SMILES string of the molecule is S=C=Nc1c(Br)cc(CBr)cc1Br. The van der Waals surface area contributed by atoms with Crippen LogP contribution >= 0.6 is 60.0 Å². The molecule has 1 rings (SSSR count). The minimum atomic E-state index is 0.778. The maximum absolute atomic E-state index is 4.55. The molecule has 0 fully saturated rings. The highest BCUT2D eigenvalue weighted by Gasteiger charge is 2.05. The second-order valence-corrected chi connectivity index (χ2v) is 4.70. The van der Waals surface area contributed by atoms with Gasteiger partial charge in [-0.05, 0) is 61.8 Å². The first-order valence-electron chi connectivity index (χ1n) is 3.30. The fourth-order valence-electron chi connectivity index (χ4n) is 0.848. The Kier molecular flexibility index (Phi) is 4.76. The van der Waals surface area contributed by atoms with Gasteiger partial charge < -0.3 is 0 Å². The lowest BCUT2D eigenvalue weighted by atomic mass is 10.2. The molecule has 13 heavy (non-hydrogen) atoms. The Morgan fingerprint density at radius 2 is 1.85 bits per heavy atom. The summed E-state index contributed by atoms with van der Waals surface area (Å²) in [6.45, 7) is 0. The lowest BCUT2D eigenvalue weighted by Crippen LogP contribution is -1.79. The van der Waals surface area contributed by atoms with Crippen LogP contribution in [0.15, 0.2) is 26.1 Å². The van der Waals surface area contributed by atoms with Crippen molar-refractivity contribution in [3.8, 4) is 0 Å². The Balaban J connectivity index is 3.30. The number of benzene rings is 1. The summed E-state index contributed by atoms with van der Waals surface area (Å²) in [6, 6.07) is 3.98. The van der Waals surface area contributed by atoms with Crippen LogP contribution in [0.5, 0.6) is 0 Å². The van der Waals surface area contributed by atoms with Gasteiger partial charge in [0, 0.05) is 14.3 Å². The van der Waals surface area contributed by atoms with Crippen molar-refractivity contribution in [2.45, 2.75) is 5.33 Å².